The molecule has 28 heavy (non-hydrogen) atoms. The fourth-order valence-electron chi connectivity index (χ4n) is 2.56. The maximum Gasteiger partial charge on any atom is 0.240 e. The van der Waals surface area contributed by atoms with Crippen molar-refractivity contribution in [3.8, 4) is 11.3 Å². The minimum absolute atomic E-state index is 0.0555. The van der Waals surface area contributed by atoms with Crippen LogP contribution in [0.1, 0.15) is 26.0 Å². The largest absolute Gasteiger partial charge is 0.366 e. The lowest BCUT2D eigenvalue weighted by molar-refractivity contribution is -0.0595. The number of anilines is 2. The van der Waals surface area contributed by atoms with Crippen LogP contribution >= 0.6 is 0 Å². The summed E-state index contributed by atoms with van der Waals surface area (Å²) < 4.78 is 1.46. The Balaban J connectivity index is 2.07. The third-order valence-electron chi connectivity index (χ3n) is 4.12. The fraction of sp³-hybridized carbons (Fsp3) is 0.353. The van der Waals surface area contributed by atoms with Gasteiger partial charge in [0.2, 0.25) is 5.95 Å². The van der Waals surface area contributed by atoms with Crippen molar-refractivity contribution >= 4 is 30.8 Å². The lowest BCUT2D eigenvalue weighted by atomic mass is 10.0. The molecule has 11 heteroatoms. The fourth-order valence-corrected chi connectivity index (χ4v) is 2.56. The molecule has 5 N–H and O–H groups in total. The van der Waals surface area contributed by atoms with Gasteiger partial charge in [-0.2, -0.15) is 15.2 Å². The molecule has 144 valence electrons. The van der Waals surface area contributed by atoms with Crippen LogP contribution in [0.3, 0.4) is 0 Å². The van der Waals surface area contributed by atoms with E-state index >= 15 is 0 Å². The van der Waals surface area contributed by atoms with Crippen molar-refractivity contribution in [2.24, 2.45) is 10.2 Å². The van der Waals surface area contributed by atoms with Crippen LogP contribution < -0.4 is 11.1 Å². The second-order valence-electron chi connectivity index (χ2n) is 6.47. The number of aromatic nitrogens is 4. The molecule has 0 aliphatic heterocycles. The summed E-state index contributed by atoms with van der Waals surface area (Å²) in [5.74, 6) is -2.68. The first-order valence-corrected chi connectivity index (χ1v) is 8.73. The highest BCUT2D eigenvalue weighted by Crippen LogP contribution is 2.31. The molecular formula is C17H21BN8O2. The zero-order valence-electron chi connectivity index (χ0n) is 15.8. The van der Waals surface area contributed by atoms with Crippen molar-refractivity contribution in [1.82, 2.24) is 19.6 Å². The van der Waals surface area contributed by atoms with Crippen molar-refractivity contribution < 1.29 is 10.2 Å². The van der Waals surface area contributed by atoms with Gasteiger partial charge in [0.25, 0.3) is 0 Å². The van der Waals surface area contributed by atoms with Gasteiger partial charge in [0.05, 0.1) is 17.4 Å². The molecular weight excluding hydrogens is 359 g/mol. The second kappa shape index (κ2) is 7.53. The van der Waals surface area contributed by atoms with Crippen LogP contribution in [0.15, 0.2) is 34.6 Å². The highest BCUT2D eigenvalue weighted by molar-refractivity contribution is 6.14. The standard InChI is InChI=1S/C17H21BN8O2/c1-4-9(2)23-24-12-5-6-13(20-10(12)3)11-7-8-26-14(11)15(21-16(19)25-26)22-17(18,27)28/h5-9,27-28H,4H2,1-3H3,(H3,19,21,22,25). The Bertz CT molecular complexity index is 1030. The summed E-state index contributed by atoms with van der Waals surface area (Å²) in [5.41, 5.74) is 8.77. The lowest BCUT2D eigenvalue weighted by Crippen LogP contribution is -2.38. The molecule has 3 rings (SSSR count). The first kappa shape index (κ1) is 19.7. The Morgan fingerprint density at radius 2 is 2.07 bits per heavy atom. The molecule has 0 fully saturated rings. The number of pyridine rings is 1. The van der Waals surface area contributed by atoms with Gasteiger partial charge in [0.1, 0.15) is 11.2 Å². The summed E-state index contributed by atoms with van der Waals surface area (Å²) in [7, 11) is 5.23. The van der Waals surface area contributed by atoms with E-state index in [-0.39, 0.29) is 17.8 Å². The Kier molecular flexibility index (Phi) is 5.30. The molecule has 0 saturated carbocycles. The van der Waals surface area contributed by atoms with Gasteiger partial charge in [0.15, 0.2) is 19.5 Å². The van der Waals surface area contributed by atoms with Gasteiger partial charge in [0, 0.05) is 11.8 Å². The number of hydrogen-bond donors (Lipinski definition) is 4. The second-order valence-corrected chi connectivity index (χ2v) is 6.47. The molecule has 0 aliphatic rings. The van der Waals surface area contributed by atoms with Crippen LogP contribution in [0, 0.1) is 6.92 Å². The minimum atomic E-state index is -2.67. The van der Waals surface area contributed by atoms with Crippen LogP contribution in [-0.2, 0) is 0 Å². The number of fused-ring (bicyclic) bond motifs is 1. The van der Waals surface area contributed by atoms with Crippen molar-refractivity contribution in [2.45, 2.75) is 39.0 Å². The maximum absolute atomic E-state index is 9.50. The average molecular weight is 380 g/mol. The molecule has 0 spiro atoms. The van der Waals surface area contributed by atoms with E-state index in [2.05, 4.69) is 30.6 Å². The quantitative estimate of drug-likeness (QED) is 0.289. The van der Waals surface area contributed by atoms with Crippen molar-refractivity contribution in [2.75, 3.05) is 11.1 Å². The van der Waals surface area contributed by atoms with E-state index in [1.807, 2.05) is 26.8 Å². The molecule has 0 aliphatic carbocycles. The molecule has 3 heterocycles. The summed E-state index contributed by atoms with van der Waals surface area (Å²) in [6.07, 6.45) is 2.57. The number of aryl methyl sites for hydroxylation is 1. The molecule has 0 bridgehead atoms. The summed E-state index contributed by atoms with van der Waals surface area (Å²) in [5, 5.41) is 33.9. The highest BCUT2D eigenvalue weighted by Gasteiger charge is 2.21. The van der Waals surface area contributed by atoms with Gasteiger partial charge in [-0.15, -0.1) is 5.10 Å². The minimum Gasteiger partial charge on any atom is -0.366 e. The number of hydrogen-bond acceptors (Lipinski definition) is 9. The maximum atomic E-state index is 9.50. The van der Waals surface area contributed by atoms with E-state index in [0.29, 0.717) is 28.2 Å². The highest BCUT2D eigenvalue weighted by atomic mass is 16.5. The lowest BCUT2D eigenvalue weighted by Gasteiger charge is -2.20. The Labute approximate surface area is 163 Å². The molecule has 0 saturated heterocycles. The third-order valence-corrected chi connectivity index (χ3v) is 4.12. The normalized spacial score (nSPS) is 13.3. The van der Waals surface area contributed by atoms with Crippen molar-refractivity contribution in [1.29, 1.82) is 0 Å². The van der Waals surface area contributed by atoms with Crippen molar-refractivity contribution in [3.63, 3.8) is 0 Å². The molecule has 1 atom stereocenters. The van der Waals surface area contributed by atoms with Gasteiger partial charge in [-0.3, -0.25) is 4.98 Å². The Hall–Kier alpha value is -3.05. The van der Waals surface area contributed by atoms with Crippen LogP contribution in [-0.4, -0.2) is 49.5 Å². The first-order valence-electron chi connectivity index (χ1n) is 8.73. The molecule has 2 radical (unpaired) electrons. The van der Waals surface area contributed by atoms with Gasteiger partial charge in [-0.05, 0) is 38.5 Å². The molecule has 1 unspecified atom stereocenters. The molecule has 3 aromatic rings. The summed E-state index contributed by atoms with van der Waals surface area (Å²) in [6.45, 7) is 5.88. The number of nitrogens with two attached hydrogens (primary N) is 1. The first-order chi connectivity index (χ1) is 13.2. The number of aliphatic hydroxyl groups is 2. The SMILES string of the molecule is [B]C(O)(O)Nc1nc(N)nn2ccc(-c3ccc(N=NC(C)CC)c(C)n3)c12. The number of azo groups is 1. The third kappa shape index (κ3) is 4.26. The number of rotatable bonds is 6. The monoisotopic (exact) mass is 380 g/mol. The predicted molar refractivity (Wildman–Crippen MR) is 106 cm³/mol. The van der Waals surface area contributed by atoms with Gasteiger partial charge >= 0.3 is 0 Å². The van der Waals surface area contributed by atoms with E-state index in [9.17, 15) is 10.2 Å². The van der Waals surface area contributed by atoms with E-state index in [1.54, 1.807) is 18.3 Å². The van der Waals surface area contributed by atoms with Crippen LogP contribution in [0.2, 0.25) is 0 Å². The summed E-state index contributed by atoms with van der Waals surface area (Å²) in [4.78, 5) is 8.61. The summed E-state index contributed by atoms with van der Waals surface area (Å²) in [6, 6.07) is 5.52. The van der Waals surface area contributed by atoms with Crippen molar-refractivity contribution in [3.05, 3.63) is 30.1 Å². The predicted octanol–water partition coefficient (Wildman–Crippen LogP) is 1.74. The van der Waals surface area contributed by atoms with Gasteiger partial charge in [-0.1, -0.05) is 6.92 Å². The topological polar surface area (TPSA) is 146 Å². The molecule has 10 nitrogen and oxygen atoms in total. The molecule has 0 amide bonds. The average Bonchev–Trinajstić information content (AvgIpc) is 3.02. The van der Waals surface area contributed by atoms with E-state index < -0.39 is 5.81 Å². The van der Waals surface area contributed by atoms with E-state index in [4.69, 9.17) is 13.6 Å². The van der Waals surface area contributed by atoms with Crippen LogP contribution in [0.4, 0.5) is 17.5 Å². The number of nitrogens with one attached hydrogen (secondary N) is 1. The summed E-state index contributed by atoms with van der Waals surface area (Å²) >= 11 is 0. The van der Waals surface area contributed by atoms with Gasteiger partial charge < -0.3 is 21.3 Å². The van der Waals surface area contributed by atoms with Crippen LogP contribution in [0.25, 0.3) is 16.8 Å². The zero-order valence-corrected chi connectivity index (χ0v) is 15.8. The molecule has 0 aromatic carbocycles. The number of nitrogens with zero attached hydrogens (tertiary/aromatic N) is 6. The van der Waals surface area contributed by atoms with Crippen LogP contribution in [0.5, 0.6) is 0 Å². The Morgan fingerprint density at radius 1 is 1.32 bits per heavy atom. The Morgan fingerprint density at radius 3 is 2.71 bits per heavy atom. The smallest absolute Gasteiger partial charge is 0.240 e. The van der Waals surface area contributed by atoms with E-state index in [1.165, 1.54) is 4.52 Å². The van der Waals surface area contributed by atoms with Gasteiger partial charge in [-0.25, -0.2) is 4.52 Å². The van der Waals surface area contributed by atoms with E-state index in [0.717, 1.165) is 6.42 Å². The number of nitrogen functional groups attached to an aromatic ring is 1. The zero-order chi connectivity index (χ0) is 20.5. The molecule has 3 aromatic heterocycles.